The van der Waals surface area contributed by atoms with Crippen LogP contribution in [0.1, 0.15) is 37.8 Å². The highest BCUT2D eigenvalue weighted by atomic mass is 33.1. The van der Waals surface area contributed by atoms with Crippen LogP contribution in [0.2, 0.25) is 0 Å². The van der Waals surface area contributed by atoms with E-state index in [2.05, 4.69) is 19.2 Å². The van der Waals surface area contributed by atoms with E-state index in [1.807, 2.05) is 6.26 Å². The van der Waals surface area contributed by atoms with Gasteiger partial charge < -0.3 is 5.32 Å². The quantitative estimate of drug-likeness (QED) is 0.352. The second-order valence-corrected chi connectivity index (χ2v) is 13.4. The topological polar surface area (TPSA) is 116 Å². The van der Waals surface area contributed by atoms with Crippen molar-refractivity contribution < 1.29 is 30.0 Å². The standard InChI is InChI=1S/C17H27NO7S4/c1-17(2,27-26-3)7-6-16(19)18-15-9-13(11-24-28(4,20)21)8-14(10-15)12-25-29(5,22)23/h8-10H,6-7,11-12H2,1-5H3,(H,18,19). The molecule has 0 heterocycles. The van der Waals surface area contributed by atoms with Crippen LogP contribution in [0.15, 0.2) is 18.2 Å². The molecule has 1 amide bonds. The van der Waals surface area contributed by atoms with E-state index in [0.717, 1.165) is 12.5 Å². The molecule has 1 aromatic rings. The molecule has 0 unspecified atom stereocenters. The van der Waals surface area contributed by atoms with E-state index in [0.29, 0.717) is 29.7 Å². The van der Waals surface area contributed by atoms with Gasteiger partial charge in [-0.3, -0.25) is 13.2 Å². The minimum Gasteiger partial charge on any atom is -0.326 e. The van der Waals surface area contributed by atoms with Gasteiger partial charge in [-0.2, -0.15) is 16.8 Å². The van der Waals surface area contributed by atoms with Crippen LogP contribution >= 0.6 is 21.6 Å². The first-order chi connectivity index (χ1) is 13.2. The molecule has 1 rings (SSSR count). The Labute approximate surface area is 181 Å². The van der Waals surface area contributed by atoms with Gasteiger partial charge in [0.25, 0.3) is 20.2 Å². The normalized spacial score (nSPS) is 12.7. The van der Waals surface area contributed by atoms with E-state index in [1.165, 1.54) is 0 Å². The number of hydrogen-bond acceptors (Lipinski definition) is 9. The van der Waals surface area contributed by atoms with Crippen molar-refractivity contribution in [3.63, 3.8) is 0 Å². The highest BCUT2D eigenvalue weighted by Gasteiger charge is 2.20. The number of benzene rings is 1. The van der Waals surface area contributed by atoms with Gasteiger partial charge in [-0.15, -0.1) is 0 Å². The maximum atomic E-state index is 12.3. The van der Waals surface area contributed by atoms with Gasteiger partial charge >= 0.3 is 0 Å². The number of anilines is 1. The lowest BCUT2D eigenvalue weighted by Crippen LogP contribution is -2.19. The van der Waals surface area contributed by atoms with E-state index in [9.17, 15) is 21.6 Å². The van der Waals surface area contributed by atoms with Crippen LogP contribution in [0, 0.1) is 0 Å². The molecule has 0 spiro atoms. The summed E-state index contributed by atoms with van der Waals surface area (Å²) in [7, 11) is -3.98. The lowest BCUT2D eigenvalue weighted by molar-refractivity contribution is -0.116. The molecule has 1 N–H and O–H groups in total. The molecule has 8 nitrogen and oxygen atoms in total. The zero-order chi connectivity index (χ0) is 22.3. The molecule has 12 heteroatoms. The summed E-state index contributed by atoms with van der Waals surface area (Å²) in [6, 6.07) is 4.72. The average Bonchev–Trinajstić information content (AvgIpc) is 2.55. The summed E-state index contributed by atoms with van der Waals surface area (Å²) < 4.78 is 54.5. The summed E-state index contributed by atoms with van der Waals surface area (Å²) in [5.74, 6) is -0.198. The third kappa shape index (κ3) is 12.5. The summed E-state index contributed by atoms with van der Waals surface area (Å²) in [6.45, 7) is 3.63. The van der Waals surface area contributed by atoms with E-state index in [4.69, 9.17) is 8.37 Å². The number of hydrogen-bond donors (Lipinski definition) is 1. The van der Waals surface area contributed by atoms with Crippen molar-refractivity contribution in [2.45, 2.75) is 44.6 Å². The average molecular weight is 486 g/mol. The number of nitrogens with one attached hydrogen (secondary N) is 1. The molecule has 0 radical (unpaired) electrons. The summed E-state index contributed by atoms with van der Waals surface area (Å²) in [5.41, 5.74) is 1.32. The van der Waals surface area contributed by atoms with E-state index >= 15 is 0 Å². The largest absolute Gasteiger partial charge is 0.326 e. The van der Waals surface area contributed by atoms with Gasteiger partial charge in [0, 0.05) is 16.9 Å². The number of carbonyl (C=O) groups is 1. The smallest absolute Gasteiger partial charge is 0.264 e. The number of carbonyl (C=O) groups excluding carboxylic acids is 1. The molecule has 166 valence electrons. The summed E-state index contributed by atoms with van der Waals surface area (Å²) in [4.78, 5) is 12.3. The molecule has 0 aliphatic rings. The van der Waals surface area contributed by atoms with Crippen LogP contribution in [0.25, 0.3) is 0 Å². The molecule has 0 aliphatic heterocycles. The van der Waals surface area contributed by atoms with Crippen molar-refractivity contribution >= 4 is 53.4 Å². The first-order valence-electron chi connectivity index (χ1n) is 8.52. The predicted octanol–water partition coefficient (Wildman–Crippen LogP) is 3.15. The molecule has 0 atom stereocenters. The molecular formula is C17H27NO7S4. The van der Waals surface area contributed by atoms with Gasteiger partial charge in [0.1, 0.15) is 0 Å². The molecule has 0 fully saturated rings. The fraction of sp³-hybridized carbons (Fsp3) is 0.588. The Kier molecular flexibility index (Phi) is 9.96. The van der Waals surface area contributed by atoms with Gasteiger partial charge in [0.2, 0.25) is 5.91 Å². The van der Waals surface area contributed by atoms with Crippen molar-refractivity contribution in [2.24, 2.45) is 0 Å². The third-order valence-corrected chi connectivity index (χ3v) is 7.25. The van der Waals surface area contributed by atoms with Crippen LogP contribution < -0.4 is 5.32 Å². The molecule has 0 saturated heterocycles. The van der Waals surface area contributed by atoms with Crippen molar-refractivity contribution in [2.75, 3.05) is 24.1 Å². The molecule has 0 aromatic heterocycles. The Balaban J connectivity index is 2.93. The van der Waals surface area contributed by atoms with Crippen LogP contribution in [0.4, 0.5) is 5.69 Å². The van der Waals surface area contributed by atoms with Crippen LogP contribution in [0.3, 0.4) is 0 Å². The van der Waals surface area contributed by atoms with Crippen LogP contribution in [-0.4, -0.2) is 46.3 Å². The monoisotopic (exact) mass is 485 g/mol. The fourth-order valence-electron chi connectivity index (χ4n) is 2.26. The maximum absolute atomic E-state index is 12.3. The Hall–Kier alpha value is -0.790. The Morgan fingerprint density at radius 1 is 1.00 bits per heavy atom. The van der Waals surface area contributed by atoms with Crippen molar-refractivity contribution in [3.8, 4) is 0 Å². The summed E-state index contributed by atoms with van der Waals surface area (Å²) in [6.07, 6.45) is 4.82. The Morgan fingerprint density at radius 3 is 1.90 bits per heavy atom. The molecule has 0 saturated carbocycles. The van der Waals surface area contributed by atoms with E-state index in [1.54, 1.807) is 39.8 Å². The number of rotatable bonds is 12. The lowest BCUT2D eigenvalue weighted by atomic mass is 10.1. The second kappa shape index (κ2) is 11.0. The fourth-order valence-corrected chi connectivity index (χ4v) is 5.20. The molecule has 0 bridgehead atoms. The Bertz CT molecular complexity index is 857. The minimum atomic E-state index is -3.66. The molecule has 1 aromatic carbocycles. The van der Waals surface area contributed by atoms with Crippen molar-refractivity contribution in [1.82, 2.24) is 0 Å². The van der Waals surface area contributed by atoms with Gasteiger partial charge in [0.15, 0.2) is 0 Å². The van der Waals surface area contributed by atoms with Gasteiger partial charge in [-0.1, -0.05) is 27.7 Å². The first kappa shape index (κ1) is 26.2. The van der Waals surface area contributed by atoms with E-state index in [-0.39, 0.29) is 23.9 Å². The first-order valence-corrected chi connectivity index (χ1v) is 14.7. The van der Waals surface area contributed by atoms with Crippen LogP contribution in [0.5, 0.6) is 0 Å². The Morgan fingerprint density at radius 2 is 1.48 bits per heavy atom. The predicted molar refractivity (Wildman–Crippen MR) is 119 cm³/mol. The summed E-state index contributed by atoms with van der Waals surface area (Å²) in [5, 5.41) is 2.77. The van der Waals surface area contributed by atoms with Gasteiger partial charge in [-0.05, 0) is 49.8 Å². The molecule has 0 aliphatic carbocycles. The van der Waals surface area contributed by atoms with Gasteiger partial charge in [-0.25, -0.2) is 0 Å². The van der Waals surface area contributed by atoms with Crippen molar-refractivity contribution in [3.05, 3.63) is 29.3 Å². The van der Waals surface area contributed by atoms with E-state index < -0.39 is 20.2 Å². The molecular weight excluding hydrogens is 458 g/mol. The highest BCUT2D eigenvalue weighted by molar-refractivity contribution is 8.76. The number of amides is 1. The maximum Gasteiger partial charge on any atom is 0.264 e. The zero-order valence-electron chi connectivity index (χ0n) is 17.1. The second-order valence-electron chi connectivity index (χ2n) is 7.03. The third-order valence-electron chi connectivity index (χ3n) is 3.48. The molecule has 29 heavy (non-hydrogen) atoms. The lowest BCUT2D eigenvalue weighted by Gasteiger charge is -2.22. The summed E-state index contributed by atoms with van der Waals surface area (Å²) >= 11 is 0. The van der Waals surface area contributed by atoms with Gasteiger partial charge in [0.05, 0.1) is 25.7 Å². The minimum absolute atomic E-state index is 0.0591. The van der Waals surface area contributed by atoms with Crippen LogP contribution in [-0.2, 0) is 46.6 Å². The van der Waals surface area contributed by atoms with Crippen molar-refractivity contribution in [1.29, 1.82) is 0 Å². The zero-order valence-corrected chi connectivity index (χ0v) is 20.3. The SMILES string of the molecule is CSSC(C)(C)CCC(=O)Nc1cc(COS(C)(=O)=O)cc(COS(C)(=O)=O)c1. The highest BCUT2D eigenvalue weighted by Crippen LogP contribution is 2.37.